The van der Waals surface area contributed by atoms with Crippen LogP contribution < -0.4 is 20.4 Å². The lowest BCUT2D eigenvalue weighted by Crippen LogP contribution is -2.52. The maximum absolute atomic E-state index is 13.0. The largest absolute Gasteiger partial charge is 0.444 e. The van der Waals surface area contributed by atoms with Crippen LogP contribution in [0.4, 0.5) is 22.1 Å². The summed E-state index contributed by atoms with van der Waals surface area (Å²) in [6, 6.07) is 14.0. The van der Waals surface area contributed by atoms with E-state index in [4.69, 9.17) is 37.9 Å². The van der Waals surface area contributed by atoms with E-state index in [9.17, 15) is 19.5 Å². The number of hydrogen-bond acceptors (Lipinski definition) is 15. The van der Waals surface area contributed by atoms with Crippen molar-refractivity contribution in [1.29, 1.82) is 0 Å². The van der Waals surface area contributed by atoms with Gasteiger partial charge in [-0.15, -0.1) is 0 Å². The van der Waals surface area contributed by atoms with Crippen LogP contribution in [-0.4, -0.2) is 150 Å². The van der Waals surface area contributed by atoms with Gasteiger partial charge in [-0.1, -0.05) is 30.3 Å². The Kier molecular flexibility index (Phi) is 21.8. The van der Waals surface area contributed by atoms with Gasteiger partial charge in [0.05, 0.1) is 123 Å². The quantitative estimate of drug-likeness (QED) is 0.0773. The zero-order chi connectivity index (χ0) is 46.3. The van der Waals surface area contributed by atoms with Gasteiger partial charge in [-0.3, -0.25) is 14.9 Å². The van der Waals surface area contributed by atoms with E-state index in [0.717, 1.165) is 46.5 Å². The number of nitrogens with zero attached hydrogens (tertiary/aromatic N) is 4. The summed E-state index contributed by atoms with van der Waals surface area (Å²) in [5.41, 5.74) is 4.86. The van der Waals surface area contributed by atoms with Crippen LogP contribution in [0.5, 0.6) is 0 Å². The molecule has 0 unspecified atom stereocenters. The molecule has 2 heterocycles. The highest BCUT2D eigenvalue weighted by atomic mass is 16.6. The van der Waals surface area contributed by atoms with Crippen molar-refractivity contribution >= 4 is 35.2 Å². The Hall–Kier alpha value is -4.79. The van der Waals surface area contributed by atoms with Gasteiger partial charge in [-0.2, -0.15) is 0 Å². The fourth-order valence-electron chi connectivity index (χ4n) is 7.06. The summed E-state index contributed by atoms with van der Waals surface area (Å²) in [4.78, 5) is 50.2. The second-order valence-electron chi connectivity index (χ2n) is 16.6. The molecule has 18 nitrogen and oxygen atoms in total. The van der Waals surface area contributed by atoms with Gasteiger partial charge in [0.15, 0.2) is 0 Å². The highest BCUT2D eigenvalue weighted by molar-refractivity contribution is 5.98. The van der Waals surface area contributed by atoms with Crippen molar-refractivity contribution in [2.45, 2.75) is 71.8 Å². The number of alkyl carbamates (subject to hydrolysis) is 1. The molecule has 2 aliphatic rings. The molecule has 0 radical (unpaired) electrons. The van der Waals surface area contributed by atoms with Crippen molar-refractivity contribution < 1.29 is 57.4 Å². The molecule has 2 aromatic carbocycles. The van der Waals surface area contributed by atoms with Gasteiger partial charge in [0.2, 0.25) is 17.8 Å². The topological polar surface area (TPSA) is 202 Å². The number of fused-ring (bicyclic) bond motifs is 1. The van der Waals surface area contributed by atoms with Crippen LogP contribution in [0.3, 0.4) is 0 Å². The summed E-state index contributed by atoms with van der Waals surface area (Å²) in [7, 11) is 0. The number of amides is 3. The Bertz CT molecular complexity index is 1890. The number of carbonyl (C=O) groups is 3. The van der Waals surface area contributed by atoms with E-state index >= 15 is 0 Å². The van der Waals surface area contributed by atoms with Gasteiger partial charge in [0.25, 0.3) is 0 Å². The average molecular weight is 909 g/mol. The first kappa shape index (κ1) is 51.2. The number of aliphatic hydroxyl groups excluding tert-OH is 1. The van der Waals surface area contributed by atoms with Crippen LogP contribution in [0.1, 0.15) is 58.1 Å². The Morgan fingerprint density at radius 2 is 1.25 bits per heavy atom. The minimum Gasteiger partial charge on any atom is -0.444 e. The predicted octanol–water partition coefficient (Wildman–Crippen LogP) is 4.76. The number of rotatable bonds is 30. The van der Waals surface area contributed by atoms with E-state index in [-0.39, 0.29) is 43.4 Å². The summed E-state index contributed by atoms with van der Waals surface area (Å²) in [6.07, 6.45) is 5.24. The number of anilines is 3. The minimum atomic E-state index is -0.527. The fraction of sp³-hybridized carbons (Fsp3) is 0.596. The molecule has 18 heteroatoms. The van der Waals surface area contributed by atoms with Crippen LogP contribution in [0, 0.1) is 5.92 Å². The highest BCUT2D eigenvalue weighted by Gasteiger charge is 2.42. The van der Waals surface area contributed by atoms with Crippen molar-refractivity contribution in [1.82, 2.24) is 15.3 Å². The molecular weight excluding hydrogens is 841 g/mol. The normalized spacial score (nSPS) is 14.9. The maximum Gasteiger partial charge on any atom is 0.407 e. The molecule has 1 atom stereocenters. The number of nitrogens with one attached hydrogen (secondary N) is 2. The molecule has 65 heavy (non-hydrogen) atoms. The molecule has 3 N–H and O–H groups in total. The predicted molar refractivity (Wildman–Crippen MR) is 244 cm³/mol. The monoisotopic (exact) mass is 908 g/mol. The molecule has 1 fully saturated rings. The number of ether oxygens (including phenoxy) is 8. The summed E-state index contributed by atoms with van der Waals surface area (Å²) in [5, 5.41) is 15.4. The van der Waals surface area contributed by atoms with Crippen LogP contribution in [0.2, 0.25) is 0 Å². The van der Waals surface area contributed by atoms with Crippen molar-refractivity contribution in [3.63, 3.8) is 0 Å². The zero-order valence-electron chi connectivity index (χ0n) is 38.4. The number of aromatic nitrogens is 2. The third kappa shape index (κ3) is 18.6. The lowest BCUT2D eigenvalue weighted by atomic mass is 9.98. The van der Waals surface area contributed by atoms with Gasteiger partial charge >= 0.3 is 6.09 Å². The van der Waals surface area contributed by atoms with E-state index < -0.39 is 11.7 Å². The molecule has 0 spiro atoms. The molecule has 5 rings (SSSR count). The van der Waals surface area contributed by atoms with Gasteiger partial charge in [-0.05, 0) is 68.4 Å². The number of carbonyl (C=O) groups excluding carboxylic acids is 3. The van der Waals surface area contributed by atoms with Gasteiger partial charge in [-0.25, -0.2) is 14.8 Å². The standard InChI is InChI=1S/C47H68N6O12/c1-35(55)53-41-12-11-37(29-42(41)52(33-43(53)36-9-10-36)32-38-7-5-6-8-39(38)34-54)40-30-49-45(50-31-40)51-44(56)13-15-58-17-19-60-21-23-62-25-27-64-28-26-63-24-22-61-20-18-59-16-14-48-46(57)65-47(2,3)4/h5-8,11-12,29-31,36,43,54H,9-10,13-28,32-34H2,1-4H3,(H,48,57)(H,49,50,51,56)/t43-/m1/s1. The molecule has 0 saturated heterocycles. The minimum absolute atomic E-state index is 0.0251. The summed E-state index contributed by atoms with van der Waals surface area (Å²) < 4.78 is 43.6. The summed E-state index contributed by atoms with van der Waals surface area (Å²) in [5.74, 6) is 0.427. The molecule has 1 aromatic heterocycles. The average Bonchev–Trinajstić information content (AvgIpc) is 4.13. The van der Waals surface area contributed by atoms with Gasteiger partial charge < -0.3 is 58.1 Å². The third-order valence-electron chi connectivity index (χ3n) is 10.3. The second kappa shape index (κ2) is 27.6. The van der Waals surface area contributed by atoms with Crippen molar-refractivity contribution in [2.75, 3.05) is 121 Å². The van der Waals surface area contributed by atoms with Crippen LogP contribution in [0.15, 0.2) is 54.9 Å². The summed E-state index contributed by atoms with van der Waals surface area (Å²) in [6.45, 7) is 14.4. The third-order valence-corrected chi connectivity index (χ3v) is 10.3. The molecule has 1 aliphatic carbocycles. The van der Waals surface area contributed by atoms with E-state index in [0.29, 0.717) is 111 Å². The van der Waals surface area contributed by atoms with E-state index in [1.165, 1.54) is 0 Å². The Morgan fingerprint density at radius 3 is 1.77 bits per heavy atom. The first-order valence-corrected chi connectivity index (χ1v) is 22.5. The number of benzene rings is 2. The molecule has 0 bridgehead atoms. The molecule has 1 saturated carbocycles. The van der Waals surface area contributed by atoms with E-state index in [2.05, 4.69) is 31.6 Å². The lowest BCUT2D eigenvalue weighted by molar-refractivity contribution is -0.118. The highest BCUT2D eigenvalue weighted by Crippen LogP contribution is 2.45. The van der Waals surface area contributed by atoms with Crippen LogP contribution >= 0.6 is 0 Å². The molecule has 3 amide bonds. The van der Waals surface area contributed by atoms with Crippen molar-refractivity contribution in [3.05, 3.63) is 66.0 Å². The smallest absolute Gasteiger partial charge is 0.407 e. The Morgan fingerprint density at radius 1 is 0.708 bits per heavy atom. The molecule has 1 aliphatic heterocycles. The number of aliphatic hydroxyl groups is 1. The first-order chi connectivity index (χ1) is 31.5. The zero-order valence-corrected chi connectivity index (χ0v) is 38.4. The van der Waals surface area contributed by atoms with Gasteiger partial charge in [0, 0.05) is 44.5 Å². The summed E-state index contributed by atoms with van der Waals surface area (Å²) >= 11 is 0. The fourth-order valence-corrected chi connectivity index (χ4v) is 7.06. The van der Waals surface area contributed by atoms with Crippen LogP contribution in [0.25, 0.3) is 11.1 Å². The van der Waals surface area contributed by atoms with Gasteiger partial charge in [0.1, 0.15) is 5.60 Å². The Balaban J connectivity index is 0.868. The molecular formula is C47H68N6O12. The first-order valence-electron chi connectivity index (χ1n) is 22.5. The maximum atomic E-state index is 13.0. The van der Waals surface area contributed by atoms with Crippen molar-refractivity contribution in [3.8, 4) is 11.1 Å². The Labute approximate surface area is 382 Å². The second-order valence-corrected chi connectivity index (χ2v) is 16.6. The van der Waals surface area contributed by atoms with E-state index in [1.54, 1.807) is 19.3 Å². The van der Waals surface area contributed by atoms with Crippen LogP contribution in [-0.2, 0) is 60.6 Å². The lowest BCUT2D eigenvalue weighted by Gasteiger charge is -2.44. The number of hydrogen-bond donors (Lipinski definition) is 3. The molecule has 358 valence electrons. The SMILES string of the molecule is CC(=O)N1c2ccc(-c3cnc(NC(=O)CCOCCOCCOCCOCCOCCOCCOCCNC(=O)OC(C)(C)C)nc3)cc2N(Cc2ccccc2CO)C[C@@H]1C1CC1. The van der Waals surface area contributed by atoms with Crippen molar-refractivity contribution in [2.24, 2.45) is 5.92 Å². The molecule has 3 aromatic rings. The van der Waals surface area contributed by atoms with E-state index in [1.807, 2.05) is 62.1 Å².